The third-order valence-corrected chi connectivity index (χ3v) is 9.20. The van der Waals surface area contributed by atoms with Gasteiger partial charge in [-0.25, -0.2) is 4.79 Å². The molecular formula is C41H56BNO. The van der Waals surface area contributed by atoms with Crippen LogP contribution in [-0.4, -0.2) is 25.6 Å². The lowest BCUT2D eigenvalue weighted by molar-refractivity contribution is -0.797. The predicted molar refractivity (Wildman–Crippen MR) is 194 cm³/mol. The number of rotatable bonds is 17. The molecule has 4 aromatic rings. The van der Waals surface area contributed by atoms with Gasteiger partial charge in [-0.1, -0.05) is 192 Å². The summed E-state index contributed by atoms with van der Waals surface area (Å²) in [5, 5.41) is 0. The zero-order valence-electron chi connectivity index (χ0n) is 27.7. The van der Waals surface area contributed by atoms with Crippen molar-refractivity contribution in [3.05, 3.63) is 121 Å². The van der Waals surface area contributed by atoms with Gasteiger partial charge < -0.3 is 0 Å². The molecule has 0 aromatic heterocycles. The second-order valence-corrected chi connectivity index (χ2v) is 12.5. The maximum absolute atomic E-state index is 11.0. The molecule has 3 heteroatoms. The van der Waals surface area contributed by atoms with Crippen LogP contribution in [0.5, 0.6) is 0 Å². The van der Waals surface area contributed by atoms with Gasteiger partial charge in [0.15, 0.2) is 0 Å². The quantitative estimate of drug-likeness (QED) is 0.106. The molecule has 1 amide bonds. The first kappa shape index (κ1) is 35.1. The lowest BCUT2D eigenvalue weighted by Gasteiger charge is -2.44. The van der Waals surface area contributed by atoms with Crippen LogP contribution in [0.4, 0.5) is 0 Å². The third-order valence-electron chi connectivity index (χ3n) is 9.20. The summed E-state index contributed by atoms with van der Waals surface area (Å²) in [5.41, 5.74) is 5.36. The van der Waals surface area contributed by atoms with Crippen molar-refractivity contribution in [2.45, 2.75) is 90.9 Å². The summed E-state index contributed by atoms with van der Waals surface area (Å²) in [7, 11) is 1.97. The van der Waals surface area contributed by atoms with Crippen LogP contribution in [0.25, 0.3) is 0 Å². The van der Waals surface area contributed by atoms with E-state index in [-0.39, 0.29) is 5.91 Å². The van der Waals surface area contributed by atoms with Crippen molar-refractivity contribution in [3.8, 4) is 0 Å². The zero-order chi connectivity index (χ0) is 31.3. The lowest BCUT2D eigenvalue weighted by atomic mass is 9.13. The van der Waals surface area contributed by atoms with Crippen LogP contribution in [0.3, 0.4) is 0 Å². The van der Waals surface area contributed by atoms with Crippen molar-refractivity contribution < 1.29 is 9.69 Å². The summed E-state index contributed by atoms with van der Waals surface area (Å²) in [6, 6.07) is 43.5. The smallest absolute Gasteiger partial charge is 0.275 e. The molecule has 1 atom stereocenters. The van der Waals surface area contributed by atoms with Gasteiger partial charge in [0.25, 0.3) is 0 Å². The van der Waals surface area contributed by atoms with Gasteiger partial charge >= 0.3 is 5.91 Å². The van der Waals surface area contributed by atoms with E-state index in [2.05, 4.69) is 128 Å². The van der Waals surface area contributed by atoms with E-state index in [0.29, 0.717) is 0 Å². The average Bonchev–Trinajstić information content (AvgIpc) is 3.08. The molecule has 0 saturated carbocycles. The molecule has 1 N–H and O–H groups in total. The molecule has 2 nitrogen and oxygen atoms in total. The first-order valence-electron chi connectivity index (χ1n) is 17.3. The number of hydrogen-bond acceptors (Lipinski definition) is 1. The minimum atomic E-state index is -1.22. The second-order valence-electron chi connectivity index (χ2n) is 12.5. The maximum atomic E-state index is 11.0. The number of benzene rings is 4. The van der Waals surface area contributed by atoms with Crippen LogP contribution in [0.15, 0.2) is 121 Å². The summed E-state index contributed by atoms with van der Waals surface area (Å²) in [6.45, 7) is 4.96. The molecular weight excluding hydrogens is 533 g/mol. The molecule has 0 aliphatic carbocycles. The average molecular weight is 590 g/mol. The van der Waals surface area contributed by atoms with E-state index in [9.17, 15) is 4.79 Å². The number of carbonyl (C=O) groups is 1. The monoisotopic (exact) mass is 589 g/mol. The lowest BCUT2D eigenvalue weighted by Crippen LogP contribution is -3.11. The summed E-state index contributed by atoms with van der Waals surface area (Å²) in [5.74, 6) is 0.267. The number of carbonyl (C=O) groups excluding carboxylic acids is 1. The summed E-state index contributed by atoms with van der Waals surface area (Å²) in [6.07, 6.45) is 15.3. The van der Waals surface area contributed by atoms with Gasteiger partial charge in [-0.2, -0.15) is 21.9 Å². The Morgan fingerprint density at radius 1 is 0.477 bits per heavy atom. The molecule has 0 bridgehead atoms. The summed E-state index contributed by atoms with van der Waals surface area (Å²) >= 11 is 0. The van der Waals surface area contributed by atoms with E-state index in [1.54, 1.807) is 6.92 Å². The van der Waals surface area contributed by atoms with Gasteiger partial charge in [-0.3, -0.25) is 4.90 Å². The molecule has 0 radical (unpaired) electrons. The minimum Gasteiger partial charge on any atom is -0.275 e. The van der Waals surface area contributed by atoms with Crippen LogP contribution in [-0.2, 0) is 4.79 Å². The number of amides is 1. The van der Waals surface area contributed by atoms with Crippen LogP contribution < -0.4 is 26.8 Å². The fraction of sp³-hybridized carbons (Fsp3) is 0.390. The van der Waals surface area contributed by atoms with Gasteiger partial charge in [-0.15, -0.1) is 0 Å². The molecule has 0 saturated heterocycles. The van der Waals surface area contributed by atoms with Crippen molar-refractivity contribution in [1.29, 1.82) is 0 Å². The minimum absolute atomic E-state index is 0.267. The molecule has 4 aromatic carbocycles. The maximum Gasteiger partial charge on any atom is 0.308 e. The molecule has 44 heavy (non-hydrogen) atoms. The van der Waals surface area contributed by atoms with E-state index >= 15 is 0 Å². The Bertz CT molecular complexity index is 1110. The molecule has 0 heterocycles. The van der Waals surface area contributed by atoms with E-state index in [1.807, 2.05) is 7.05 Å². The van der Waals surface area contributed by atoms with Gasteiger partial charge in [0.1, 0.15) is 6.15 Å². The highest BCUT2D eigenvalue weighted by atomic mass is 16.2. The van der Waals surface area contributed by atoms with E-state index < -0.39 is 6.15 Å². The zero-order valence-corrected chi connectivity index (χ0v) is 27.7. The van der Waals surface area contributed by atoms with Crippen molar-refractivity contribution in [3.63, 3.8) is 0 Å². The van der Waals surface area contributed by atoms with Crippen molar-refractivity contribution in [2.75, 3.05) is 13.6 Å². The Labute approximate surface area is 268 Å². The van der Waals surface area contributed by atoms with Crippen molar-refractivity contribution >= 4 is 33.9 Å². The fourth-order valence-electron chi connectivity index (χ4n) is 6.53. The normalized spacial score (nSPS) is 11.8. The Balaban J connectivity index is 0.000000252. The van der Waals surface area contributed by atoms with E-state index in [4.69, 9.17) is 0 Å². The first-order chi connectivity index (χ1) is 21.6. The van der Waals surface area contributed by atoms with Crippen LogP contribution in [0.2, 0.25) is 0 Å². The van der Waals surface area contributed by atoms with Crippen LogP contribution in [0, 0.1) is 0 Å². The Morgan fingerprint density at radius 3 is 1.02 bits per heavy atom. The third kappa shape index (κ3) is 10.9. The molecule has 0 fully saturated rings. The molecule has 4 rings (SSSR count). The molecule has 1 unspecified atom stereocenters. The van der Waals surface area contributed by atoms with Gasteiger partial charge in [0, 0.05) is 0 Å². The fourth-order valence-corrected chi connectivity index (χ4v) is 6.53. The topological polar surface area (TPSA) is 21.5 Å². The number of nitrogens with one attached hydrogen (secondary N) is 1. The molecule has 0 aliphatic rings. The summed E-state index contributed by atoms with van der Waals surface area (Å²) < 4.78 is 0. The Hall–Kier alpha value is -3.43. The molecule has 0 aliphatic heterocycles. The molecule has 234 valence electrons. The standard InChI is InChI=1S/C24H20B.C17H35NO/c1-5-13-21(14-6-1)25(22-15-7-2-8-16-22,23-17-9-3-10-18-23)24-19-11-4-12-20-24;1-4-5-6-7-8-9-10-11-12-13-14-15-16-18(3)17(2)19/h1-20H;4-16H2,1-3H3/q-1;/p+1. The second kappa shape index (κ2) is 20.5. The van der Waals surface area contributed by atoms with Gasteiger partial charge in [-0.05, 0) is 12.8 Å². The highest BCUT2D eigenvalue weighted by Gasteiger charge is 2.31. The Morgan fingerprint density at radius 2 is 0.750 bits per heavy atom. The van der Waals surface area contributed by atoms with Gasteiger partial charge in [0.2, 0.25) is 0 Å². The largest absolute Gasteiger partial charge is 0.308 e. The SMILES string of the molecule is CCCCCCCCCCCCCC[NH+](C)C(C)=O.c1ccc([B-](c2ccccc2)(c2ccccc2)c2ccccc2)cc1. The molecule has 0 spiro atoms. The predicted octanol–water partition coefficient (Wildman–Crippen LogP) is 6.81. The Kier molecular flexibility index (Phi) is 16.3. The number of unbranched alkanes of at least 4 members (excludes halogenated alkanes) is 11. The van der Waals surface area contributed by atoms with E-state index in [1.165, 1.54) is 98.9 Å². The number of quaternary nitrogens is 1. The highest BCUT2D eigenvalue weighted by molar-refractivity contribution is 7.19. The summed E-state index contributed by atoms with van der Waals surface area (Å²) in [4.78, 5) is 12.1. The highest BCUT2D eigenvalue weighted by Crippen LogP contribution is 2.12. The van der Waals surface area contributed by atoms with Crippen molar-refractivity contribution in [2.24, 2.45) is 0 Å². The number of hydrogen-bond donors (Lipinski definition) is 1. The van der Waals surface area contributed by atoms with Crippen molar-refractivity contribution in [1.82, 2.24) is 0 Å². The first-order valence-corrected chi connectivity index (χ1v) is 17.3. The van der Waals surface area contributed by atoms with Crippen LogP contribution in [0.1, 0.15) is 90.9 Å². The van der Waals surface area contributed by atoms with Crippen LogP contribution >= 0.6 is 0 Å². The van der Waals surface area contributed by atoms with E-state index in [0.717, 1.165) is 11.4 Å². The van der Waals surface area contributed by atoms with Gasteiger partial charge in [0.05, 0.1) is 20.5 Å².